The zero-order valence-corrected chi connectivity index (χ0v) is 33.8. The minimum Gasteiger partial charge on any atom is -0.377 e. The van der Waals surface area contributed by atoms with E-state index in [-0.39, 0.29) is 17.8 Å². The summed E-state index contributed by atoms with van der Waals surface area (Å²) in [4.78, 5) is 23.1. The number of hydrogen-bond acceptors (Lipinski definition) is 9. The maximum absolute atomic E-state index is 16.2. The lowest BCUT2D eigenvalue weighted by atomic mass is 9.84. The Morgan fingerprint density at radius 2 is 1.34 bits per heavy atom. The lowest BCUT2D eigenvalue weighted by molar-refractivity contribution is -0.208. The molecule has 15 heteroatoms. The monoisotopic (exact) mass is 829 g/mol. The molecule has 1 saturated heterocycles. The molecule has 0 bridgehead atoms. The van der Waals surface area contributed by atoms with Crippen molar-refractivity contribution in [1.29, 1.82) is 0 Å². The minimum absolute atomic E-state index is 0.213. The highest BCUT2D eigenvalue weighted by Gasteiger charge is 2.58. The van der Waals surface area contributed by atoms with Gasteiger partial charge in [0.05, 0.1) is 36.8 Å². The van der Waals surface area contributed by atoms with Gasteiger partial charge >= 0.3 is 11.6 Å². The number of piperazine rings is 1. The standard InChI is InChI=1S/C46H46F3N9O3/c1-3-42(33(2)61-30-34-9-5-4-6-10-34)58-44(59)56(32-53-58)39-20-18-38(19-21-39)55-27-25-54(26-28-55)37-16-13-35(14-17-37)36-15-22-43(50-29-36)46(48,49)45(60,31-57-51-23-24-52-57)40-11-7-8-12-41(40)47/h4-24,29,32-33,42,60H,3,25-28,30-31H2,1-2H3/t33-,42-,45?/m0/s1. The van der Waals surface area contributed by atoms with Gasteiger partial charge in [-0.3, -0.25) is 4.98 Å². The first-order chi connectivity index (χ1) is 29.6. The third-order valence-corrected chi connectivity index (χ3v) is 11.4. The van der Waals surface area contributed by atoms with Crippen molar-refractivity contribution in [2.45, 2.75) is 57.1 Å². The van der Waals surface area contributed by atoms with Crippen molar-refractivity contribution in [1.82, 2.24) is 34.3 Å². The Morgan fingerprint density at radius 3 is 1.95 bits per heavy atom. The molecule has 0 radical (unpaired) electrons. The SMILES string of the molecule is CC[C@@H]([C@H](C)OCc1ccccc1)n1ncn(-c2ccc(N3CCN(c4ccc(-c5ccc(C(F)(F)C(O)(Cn6nccn6)c6ccccc6F)nc5)cc4)CC3)cc2)c1=O. The van der Waals surface area contributed by atoms with Crippen LogP contribution >= 0.6 is 0 Å². The molecular formula is C46H46F3N9O3. The van der Waals surface area contributed by atoms with E-state index in [0.717, 1.165) is 77.4 Å². The zero-order valence-electron chi connectivity index (χ0n) is 33.8. The second kappa shape index (κ2) is 17.6. The molecule has 1 aliphatic rings. The number of pyridine rings is 1. The van der Waals surface area contributed by atoms with E-state index in [1.807, 2.05) is 92.7 Å². The first-order valence-electron chi connectivity index (χ1n) is 20.2. The molecule has 12 nitrogen and oxygen atoms in total. The van der Waals surface area contributed by atoms with Gasteiger partial charge in [0.15, 0.2) is 5.60 Å². The Balaban J connectivity index is 0.883. The molecule has 4 aromatic carbocycles. The summed E-state index contributed by atoms with van der Waals surface area (Å²) in [6, 6.07) is 33.0. The van der Waals surface area contributed by atoms with Crippen molar-refractivity contribution >= 4 is 11.4 Å². The second-order valence-electron chi connectivity index (χ2n) is 15.1. The molecule has 61 heavy (non-hydrogen) atoms. The zero-order chi connectivity index (χ0) is 42.6. The van der Waals surface area contributed by atoms with Gasteiger partial charge in [-0.15, -0.1) is 0 Å². The molecule has 4 heterocycles. The Labute approximate surface area is 351 Å². The summed E-state index contributed by atoms with van der Waals surface area (Å²) in [5.74, 6) is -5.00. The van der Waals surface area contributed by atoms with Crippen LogP contribution in [0.5, 0.6) is 0 Å². The summed E-state index contributed by atoms with van der Waals surface area (Å²) in [5.41, 5.74) is 0.700. The number of anilines is 2. The molecular weight excluding hydrogens is 784 g/mol. The summed E-state index contributed by atoms with van der Waals surface area (Å²) in [7, 11) is 0. The summed E-state index contributed by atoms with van der Waals surface area (Å²) >= 11 is 0. The highest BCUT2D eigenvalue weighted by molar-refractivity contribution is 5.66. The molecule has 8 rings (SSSR count). The average Bonchev–Trinajstić information content (AvgIpc) is 3.96. The smallest absolute Gasteiger partial charge is 0.350 e. The first kappa shape index (κ1) is 41.2. The van der Waals surface area contributed by atoms with Gasteiger partial charge in [0.25, 0.3) is 0 Å². The van der Waals surface area contributed by atoms with Crippen LogP contribution in [-0.2, 0) is 29.4 Å². The molecule has 0 aliphatic carbocycles. The number of ether oxygens (including phenoxy) is 1. The van der Waals surface area contributed by atoms with E-state index >= 15 is 8.78 Å². The van der Waals surface area contributed by atoms with Crippen molar-refractivity contribution in [3.63, 3.8) is 0 Å². The maximum Gasteiger partial charge on any atom is 0.350 e. The fourth-order valence-electron chi connectivity index (χ4n) is 7.89. The molecule has 314 valence electrons. The third kappa shape index (κ3) is 8.43. The number of benzene rings is 4. The molecule has 1 aliphatic heterocycles. The summed E-state index contributed by atoms with van der Waals surface area (Å²) in [6.07, 6.45) is 5.94. The number of nitrogens with zero attached hydrogens (tertiary/aromatic N) is 9. The van der Waals surface area contributed by atoms with Crippen molar-refractivity contribution in [2.24, 2.45) is 0 Å². The van der Waals surface area contributed by atoms with E-state index in [1.165, 1.54) is 41.5 Å². The molecule has 3 atom stereocenters. The maximum atomic E-state index is 16.2. The van der Waals surface area contributed by atoms with Crippen LogP contribution in [0.15, 0.2) is 145 Å². The van der Waals surface area contributed by atoms with Crippen molar-refractivity contribution in [3.05, 3.63) is 173 Å². The number of aromatic nitrogens is 7. The van der Waals surface area contributed by atoms with Crippen molar-refractivity contribution in [2.75, 3.05) is 36.0 Å². The highest BCUT2D eigenvalue weighted by Crippen LogP contribution is 2.46. The topological polar surface area (TPSA) is 119 Å². The molecule has 0 spiro atoms. The van der Waals surface area contributed by atoms with Gasteiger partial charge < -0.3 is 19.6 Å². The predicted octanol–water partition coefficient (Wildman–Crippen LogP) is 7.39. The first-order valence-corrected chi connectivity index (χ1v) is 20.2. The Bertz CT molecular complexity index is 2560. The predicted molar refractivity (Wildman–Crippen MR) is 226 cm³/mol. The molecule has 0 saturated carbocycles. The van der Waals surface area contributed by atoms with Crippen LogP contribution in [0.4, 0.5) is 24.5 Å². The molecule has 0 amide bonds. The lowest BCUT2D eigenvalue weighted by Gasteiger charge is -2.37. The van der Waals surface area contributed by atoms with E-state index in [9.17, 15) is 14.3 Å². The van der Waals surface area contributed by atoms with Crippen molar-refractivity contribution in [3.8, 4) is 16.8 Å². The fourth-order valence-corrected chi connectivity index (χ4v) is 7.89. The molecule has 1 unspecified atom stereocenters. The van der Waals surface area contributed by atoms with Gasteiger partial charge in [-0.25, -0.2) is 18.4 Å². The van der Waals surface area contributed by atoms with Crippen LogP contribution in [0.3, 0.4) is 0 Å². The van der Waals surface area contributed by atoms with Gasteiger partial charge in [-0.05, 0) is 73.0 Å². The van der Waals surface area contributed by atoms with E-state index in [2.05, 4.69) is 30.1 Å². The Morgan fingerprint density at radius 1 is 0.754 bits per heavy atom. The van der Waals surface area contributed by atoms with Crippen LogP contribution in [0.2, 0.25) is 0 Å². The van der Waals surface area contributed by atoms with Crippen molar-refractivity contribution < 1.29 is 23.0 Å². The summed E-state index contributed by atoms with van der Waals surface area (Å²) < 4.78 is 56.6. The molecule has 1 fully saturated rings. The summed E-state index contributed by atoms with van der Waals surface area (Å²) in [6.45, 7) is 6.78. The number of alkyl halides is 2. The summed E-state index contributed by atoms with van der Waals surface area (Å²) in [5, 5.41) is 23.7. The van der Waals surface area contributed by atoms with E-state index in [4.69, 9.17) is 4.74 Å². The third-order valence-electron chi connectivity index (χ3n) is 11.4. The van der Waals surface area contributed by atoms with Gasteiger partial charge in [0.1, 0.15) is 24.4 Å². The highest BCUT2D eigenvalue weighted by atomic mass is 19.3. The van der Waals surface area contributed by atoms with E-state index < -0.39 is 35.1 Å². The van der Waals surface area contributed by atoms with Gasteiger partial charge in [-0.1, -0.05) is 73.7 Å². The Kier molecular flexibility index (Phi) is 11.9. The number of halogens is 3. The number of rotatable bonds is 15. The fraction of sp³-hybridized carbons (Fsp3) is 0.283. The van der Waals surface area contributed by atoms with Gasteiger partial charge in [0.2, 0.25) is 0 Å². The van der Waals surface area contributed by atoms with Crippen LogP contribution < -0.4 is 15.5 Å². The Hall–Kier alpha value is -6.58. The average molecular weight is 830 g/mol. The molecule has 3 aromatic heterocycles. The number of aliphatic hydroxyl groups is 1. The van der Waals surface area contributed by atoms with Crippen LogP contribution in [-0.4, -0.2) is 71.7 Å². The lowest BCUT2D eigenvalue weighted by Crippen LogP contribution is -2.48. The molecule has 7 aromatic rings. The normalized spacial score (nSPS) is 15.4. The van der Waals surface area contributed by atoms with Crippen LogP contribution in [0.25, 0.3) is 16.8 Å². The molecule has 1 N–H and O–H groups in total. The minimum atomic E-state index is -4.02. The number of hydrogen-bond donors (Lipinski definition) is 1. The van der Waals surface area contributed by atoms with Gasteiger partial charge in [0, 0.05) is 54.9 Å². The van der Waals surface area contributed by atoms with Crippen LogP contribution in [0.1, 0.15) is 43.1 Å². The van der Waals surface area contributed by atoms with Gasteiger partial charge in [-0.2, -0.15) is 28.9 Å². The second-order valence-corrected chi connectivity index (χ2v) is 15.1. The quantitative estimate of drug-likeness (QED) is 0.113. The largest absolute Gasteiger partial charge is 0.377 e. The van der Waals surface area contributed by atoms with E-state index in [0.29, 0.717) is 18.6 Å². The van der Waals surface area contributed by atoms with E-state index in [1.54, 1.807) is 10.9 Å². The van der Waals surface area contributed by atoms with Crippen LogP contribution in [0, 0.1) is 5.82 Å².